The van der Waals surface area contributed by atoms with Gasteiger partial charge < -0.3 is 19.5 Å². The number of anilines is 2. The highest BCUT2D eigenvalue weighted by molar-refractivity contribution is 6.13. The molecule has 1 aliphatic rings. The summed E-state index contributed by atoms with van der Waals surface area (Å²) in [6.45, 7) is 0.512. The van der Waals surface area contributed by atoms with Crippen molar-refractivity contribution in [3.8, 4) is 11.4 Å². The molecule has 1 aliphatic heterocycles. The van der Waals surface area contributed by atoms with Crippen molar-refractivity contribution in [2.24, 2.45) is 5.92 Å². The van der Waals surface area contributed by atoms with Crippen molar-refractivity contribution >= 4 is 23.2 Å². The molecule has 2 amide bonds. The van der Waals surface area contributed by atoms with Gasteiger partial charge in [-0.15, -0.1) is 0 Å². The molecule has 0 spiro atoms. The Labute approximate surface area is 163 Å². The first kappa shape index (κ1) is 17.9. The third-order valence-electron chi connectivity index (χ3n) is 4.93. The highest BCUT2D eigenvalue weighted by Gasteiger charge is 2.38. The molecule has 3 aromatic rings. The van der Waals surface area contributed by atoms with Gasteiger partial charge in [0, 0.05) is 24.6 Å². The number of para-hydroxylation sites is 2. The van der Waals surface area contributed by atoms with E-state index in [1.807, 2.05) is 53.4 Å². The maximum Gasteiger partial charge on any atom is 0.239 e. The van der Waals surface area contributed by atoms with Gasteiger partial charge >= 0.3 is 0 Å². The SMILES string of the molecule is COc1ccc(NC(=O)C2CCN(c3ccccc3-n3cccc3)C2=O)cc1. The Balaban J connectivity index is 1.52. The van der Waals surface area contributed by atoms with Crippen LogP contribution in [-0.4, -0.2) is 30.0 Å². The van der Waals surface area contributed by atoms with Crippen molar-refractivity contribution in [2.45, 2.75) is 6.42 Å². The van der Waals surface area contributed by atoms with Crippen molar-refractivity contribution in [3.63, 3.8) is 0 Å². The number of amides is 2. The van der Waals surface area contributed by atoms with Crippen molar-refractivity contribution in [2.75, 3.05) is 23.9 Å². The maximum atomic E-state index is 13.0. The highest BCUT2D eigenvalue weighted by Crippen LogP contribution is 2.31. The lowest BCUT2D eigenvalue weighted by Crippen LogP contribution is -2.33. The molecule has 6 heteroatoms. The molecule has 28 heavy (non-hydrogen) atoms. The Hall–Kier alpha value is -3.54. The summed E-state index contributed by atoms with van der Waals surface area (Å²) in [6, 6.07) is 18.7. The molecule has 1 fully saturated rings. The van der Waals surface area contributed by atoms with Gasteiger partial charge in [-0.2, -0.15) is 0 Å². The van der Waals surface area contributed by atoms with Gasteiger partial charge in [-0.3, -0.25) is 9.59 Å². The normalized spacial score (nSPS) is 16.2. The Kier molecular flexibility index (Phi) is 4.85. The van der Waals surface area contributed by atoms with E-state index in [1.54, 1.807) is 36.3 Å². The van der Waals surface area contributed by atoms with Crippen LogP contribution in [0.4, 0.5) is 11.4 Å². The molecule has 2 aromatic carbocycles. The lowest BCUT2D eigenvalue weighted by atomic mass is 10.1. The number of nitrogens with zero attached hydrogens (tertiary/aromatic N) is 2. The standard InChI is InChI=1S/C22H21N3O3/c1-28-17-10-8-16(9-11-17)23-21(26)18-12-15-25(22(18)27)20-7-3-2-6-19(20)24-13-4-5-14-24/h2-11,13-14,18H,12,15H2,1H3,(H,23,26). The average Bonchev–Trinajstić information content (AvgIpc) is 3.38. The molecule has 1 unspecified atom stereocenters. The Morgan fingerprint density at radius 3 is 2.36 bits per heavy atom. The highest BCUT2D eigenvalue weighted by atomic mass is 16.5. The summed E-state index contributed by atoms with van der Waals surface area (Å²) >= 11 is 0. The minimum absolute atomic E-state index is 0.175. The number of ether oxygens (including phenoxy) is 1. The molecule has 142 valence electrons. The number of hydrogen-bond acceptors (Lipinski definition) is 3. The summed E-state index contributed by atoms with van der Waals surface area (Å²) in [5.74, 6) is -0.440. The zero-order valence-corrected chi connectivity index (χ0v) is 15.5. The molecule has 4 rings (SSSR count). The van der Waals surface area contributed by atoms with Crippen LogP contribution in [0, 0.1) is 5.92 Å². The van der Waals surface area contributed by atoms with Crippen LogP contribution < -0.4 is 15.0 Å². The zero-order valence-electron chi connectivity index (χ0n) is 15.5. The molecule has 0 aliphatic carbocycles. The van der Waals surface area contributed by atoms with E-state index in [-0.39, 0.29) is 11.8 Å². The van der Waals surface area contributed by atoms with Crippen LogP contribution in [0.2, 0.25) is 0 Å². The van der Waals surface area contributed by atoms with Crippen LogP contribution in [-0.2, 0) is 9.59 Å². The Bertz CT molecular complexity index is 981. The fourth-order valence-corrected chi connectivity index (χ4v) is 3.47. The summed E-state index contributed by atoms with van der Waals surface area (Å²) in [5, 5.41) is 2.83. The quantitative estimate of drug-likeness (QED) is 0.695. The van der Waals surface area contributed by atoms with Gasteiger partial charge in [0.05, 0.1) is 18.5 Å². The predicted molar refractivity (Wildman–Crippen MR) is 108 cm³/mol. The topological polar surface area (TPSA) is 63.6 Å². The van der Waals surface area contributed by atoms with Gasteiger partial charge in [0.25, 0.3) is 0 Å². The van der Waals surface area contributed by atoms with Gasteiger partial charge in [0.1, 0.15) is 11.7 Å². The van der Waals surface area contributed by atoms with Gasteiger partial charge in [0.2, 0.25) is 11.8 Å². The lowest BCUT2D eigenvalue weighted by molar-refractivity contribution is -0.129. The summed E-state index contributed by atoms with van der Waals surface area (Å²) in [6.07, 6.45) is 4.36. The predicted octanol–water partition coefficient (Wildman–Crippen LogP) is 3.48. The van der Waals surface area contributed by atoms with E-state index in [2.05, 4.69) is 5.32 Å². The van der Waals surface area contributed by atoms with Crippen LogP contribution in [0.25, 0.3) is 5.69 Å². The second-order valence-electron chi connectivity index (χ2n) is 6.63. The zero-order chi connectivity index (χ0) is 19.5. The molecule has 1 aromatic heterocycles. The number of carbonyl (C=O) groups is 2. The molecule has 1 saturated heterocycles. The minimum atomic E-state index is -0.695. The first-order valence-electron chi connectivity index (χ1n) is 9.16. The van der Waals surface area contributed by atoms with E-state index < -0.39 is 5.92 Å². The number of nitrogens with one attached hydrogen (secondary N) is 1. The number of rotatable bonds is 5. The molecule has 0 radical (unpaired) electrons. The van der Waals surface area contributed by atoms with Crippen molar-refractivity contribution in [1.82, 2.24) is 4.57 Å². The molecular formula is C22H21N3O3. The van der Waals surface area contributed by atoms with Crippen LogP contribution >= 0.6 is 0 Å². The maximum absolute atomic E-state index is 13.0. The van der Waals surface area contributed by atoms with Gasteiger partial charge in [-0.25, -0.2) is 0 Å². The van der Waals surface area contributed by atoms with Gasteiger partial charge in [0.15, 0.2) is 0 Å². The monoisotopic (exact) mass is 375 g/mol. The average molecular weight is 375 g/mol. The van der Waals surface area contributed by atoms with E-state index >= 15 is 0 Å². The minimum Gasteiger partial charge on any atom is -0.497 e. The number of aromatic nitrogens is 1. The Morgan fingerprint density at radius 1 is 1.00 bits per heavy atom. The first-order chi connectivity index (χ1) is 13.7. The molecule has 0 saturated carbocycles. The number of carbonyl (C=O) groups excluding carboxylic acids is 2. The molecular weight excluding hydrogens is 354 g/mol. The molecule has 1 N–H and O–H groups in total. The summed E-state index contributed by atoms with van der Waals surface area (Å²) in [4.78, 5) is 27.4. The lowest BCUT2D eigenvalue weighted by Gasteiger charge is -2.21. The van der Waals surface area contributed by atoms with E-state index in [9.17, 15) is 9.59 Å². The van der Waals surface area contributed by atoms with E-state index in [1.165, 1.54) is 0 Å². The third-order valence-corrected chi connectivity index (χ3v) is 4.93. The van der Waals surface area contributed by atoms with Gasteiger partial charge in [-0.1, -0.05) is 12.1 Å². The van der Waals surface area contributed by atoms with E-state index in [0.717, 1.165) is 11.4 Å². The summed E-state index contributed by atoms with van der Waals surface area (Å²) in [7, 11) is 1.59. The van der Waals surface area contributed by atoms with Crippen LogP contribution in [0.5, 0.6) is 5.75 Å². The molecule has 2 heterocycles. The number of benzene rings is 2. The third kappa shape index (κ3) is 3.36. The molecule has 6 nitrogen and oxygen atoms in total. The van der Waals surface area contributed by atoms with E-state index in [4.69, 9.17) is 4.74 Å². The van der Waals surface area contributed by atoms with Crippen molar-refractivity contribution < 1.29 is 14.3 Å². The Morgan fingerprint density at radius 2 is 1.68 bits per heavy atom. The van der Waals surface area contributed by atoms with Gasteiger partial charge in [-0.05, 0) is 55.0 Å². The van der Waals surface area contributed by atoms with Crippen LogP contribution in [0.3, 0.4) is 0 Å². The second-order valence-corrected chi connectivity index (χ2v) is 6.63. The number of hydrogen-bond donors (Lipinski definition) is 1. The largest absolute Gasteiger partial charge is 0.497 e. The first-order valence-corrected chi connectivity index (χ1v) is 9.16. The van der Waals surface area contributed by atoms with E-state index in [0.29, 0.717) is 24.4 Å². The number of methoxy groups -OCH3 is 1. The van der Waals surface area contributed by atoms with Crippen molar-refractivity contribution in [3.05, 3.63) is 73.1 Å². The summed E-state index contributed by atoms with van der Waals surface area (Å²) < 4.78 is 7.09. The molecule has 0 bridgehead atoms. The van der Waals surface area contributed by atoms with Crippen LogP contribution in [0.15, 0.2) is 73.1 Å². The smallest absolute Gasteiger partial charge is 0.239 e. The van der Waals surface area contributed by atoms with Crippen molar-refractivity contribution in [1.29, 1.82) is 0 Å². The fourth-order valence-electron chi connectivity index (χ4n) is 3.47. The van der Waals surface area contributed by atoms with Crippen LogP contribution in [0.1, 0.15) is 6.42 Å². The fraction of sp³-hybridized carbons (Fsp3) is 0.182. The second kappa shape index (κ2) is 7.60. The molecule has 1 atom stereocenters. The summed E-state index contributed by atoms with van der Waals surface area (Å²) in [5.41, 5.74) is 2.37.